The van der Waals surface area contributed by atoms with Crippen LogP contribution < -0.4 is 0 Å². The Morgan fingerprint density at radius 2 is 1.80 bits per heavy atom. The maximum atomic E-state index is 11.9. The summed E-state index contributed by atoms with van der Waals surface area (Å²) < 4.78 is 0. The van der Waals surface area contributed by atoms with Gasteiger partial charge in [-0.05, 0) is 28.9 Å². The third-order valence-electron chi connectivity index (χ3n) is 3.69. The molecule has 2 aromatic rings. The van der Waals surface area contributed by atoms with Crippen molar-refractivity contribution in [1.82, 2.24) is 4.90 Å². The van der Waals surface area contributed by atoms with Crippen molar-refractivity contribution in [3.05, 3.63) is 48.0 Å². The van der Waals surface area contributed by atoms with Gasteiger partial charge in [-0.1, -0.05) is 57.2 Å². The van der Waals surface area contributed by atoms with Crippen molar-refractivity contribution in [2.75, 3.05) is 13.1 Å². The van der Waals surface area contributed by atoms with Gasteiger partial charge >= 0.3 is 0 Å². The lowest BCUT2D eigenvalue weighted by Crippen LogP contribution is -2.31. The Hall–Kier alpha value is -1.67. The van der Waals surface area contributed by atoms with Crippen LogP contribution in [0.3, 0.4) is 0 Å². The molecule has 0 spiro atoms. The minimum Gasteiger partial charge on any atom is -0.298 e. The van der Waals surface area contributed by atoms with E-state index in [0.29, 0.717) is 12.3 Å². The fraction of sp³-hybridized carbons (Fsp3) is 0.389. The molecule has 0 radical (unpaired) electrons. The van der Waals surface area contributed by atoms with Crippen molar-refractivity contribution in [2.45, 2.75) is 27.3 Å². The summed E-state index contributed by atoms with van der Waals surface area (Å²) in [4.78, 5) is 14.1. The van der Waals surface area contributed by atoms with Gasteiger partial charge in [0.2, 0.25) is 0 Å². The fourth-order valence-corrected chi connectivity index (χ4v) is 2.28. The first-order valence-electron chi connectivity index (χ1n) is 7.33. The molecule has 106 valence electrons. The molecule has 2 heteroatoms. The predicted octanol–water partition coefficient (Wildman–Crippen LogP) is 3.89. The maximum Gasteiger partial charge on any atom is 0.149 e. The average Bonchev–Trinajstić information content (AvgIpc) is 2.46. The Balaban J connectivity index is 2.11. The molecule has 0 heterocycles. The highest BCUT2D eigenvalue weighted by Crippen LogP contribution is 2.17. The lowest BCUT2D eigenvalue weighted by atomic mass is 10.1. The SMILES string of the molecule is CCN(CC(=O)C(C)C)Cc1ccc2ccccc2c1. The molecular formula is C18H23NO. The number of hydrogen-bond donors (Lipinski definition) is 0. The van der Waals surface area contributed by atoms with Crippen molar-refractivity contribution < 1.29 is 4.79 Å². The van der Waals surface area contributed by atoms with Gasteiger partial charge in [-0.15, -0.1) is 0 Å². The maximum absolute atomic E-state index is 11.9. The summed E-state index contributed by atoms with van der Waals surface area (Å²) in [5.74, 6) is 0.424. The average molecular weight is 269 g/mol. The summed E-state index contributed by atoms with van der Waals surface area (Å²) in [7, 11) is 0. The summed E-state index contributed by atoms with van der Waals surface area (Å²) in [6, 6.07) is 14.9. The van der Waals surface area contributed by atoms with Crippen LogP contribution >= 0.6 is 0 Å². The molecule has 2 aromatic carbocycles. The second-order valence-electron chi connectivity index (χ2n) is 5.61. The van der Waals surface area contributed by atoms with Gasteiger partial charge in [-0.3, -0.25) is 9.69 Å². The summed E-state index contributed by atoms with van der Waals surface area (Å²) in [5, 5.41) is 2.52. The molecule has 0 aliphatic rings. The van der Waals surface area contributed by atoms with Crippen LogP contribution in [0.1, 0.15) is 26.3 Å². The third kappa shape index (κ3) is 3.67. The summed E-state index contributed by atoms with van der Waals surface area (Å²) in [6.45, 7) is 8.30. The zero-order valence-corrected chi connectivity index (χ0v) is 12.6. The molecule has 0 saturated heterocycles. The largest absolute Gasteiger partial charge is 0.298 e. The van der Waals surface area contributed by atoms with Gasteiger partial charge in [-0.25, -0.2) is 0 Å². The molecule has 0 bridgehead atoms. The number of Topliss-reactive ketones (excluding diaryl/α,β-unsaturated/α-hetero) is 1. The number of carbonyl (C=O) groups is 1. The highest BCUT2D eigenvalue weighted by molar-refractivity contribution is 5.83. The molecule has 0 unspecified atom stereocenters. The molecule has 0 aliphatic carbocycles. The first-order chi connectivity index (χ1) is 9.60. The Morgan fingerprint density at radius 3 is 2.45 bits per heavy atom. The minimum atomic E-state index is 0.112. The second kappa shape index (κ2) is 6.67. The number of ketones is 1. The lowest BCUT2D eigenvalue weighted by Gasteiger charge is -2.21. The second-order valence-corrected chi connectivity index (χ2v) is 5.61. The van der Waals surface area contributed by atoms with Gasteiger partial charge in [0.1, 0.15) is 5.78 Å². The zero-order valence-electron chi connectivity index (χ0n) is 12.6. The molecule has 0 saturated carbocycles. The highest BCUT2D eigenvalue weighted by atomic mass is 16.1. The van der Waals surface area contributed by atoms with Gasteiger partial charge in [0, 0.05) is 12.5 Å². The Bertz CT molecular complexity index is 589. The van der Waals surface area contributed by atoms with Crippen LogP contribution in [0.15, 0.2) is 42.5 Å². The van der Waals surface area contributed by atoms with E-state index in [1.54, 1.807) is 0 Å². The van der Waals surface area contributed by atoms with Crippen LogP contribution in [-0.4, -0.2) is 23.8 Å². The van der Waals surface area contributed by atoms with E-state index in [9.17, 15) is 4.79 Å². The van der Waals surface area contributed by atoms with Gasteiger partial charge in [0.25, 0.3) is 0 Å². The number of fused-ring (bicyclic) bond motifs is 1. The minimum absolute atomic E-state index is 0.112. The van der Waals surface area contributed by atoms with Crippen LogP contribution in [0.4, 0.5) is 0 Å². The van der Waals surface area contributed by atoms with Gasteiger partial charge < -0.3 is 0 Å². The first kappa shape index (κ1) is 14.7. The normalized spacial score (nSPS) is 11.4. The van der Waals surface area contributed by atoms with E-state index in [1.165, 1.54) is 16.3 Å². The Kier molecular flexibility index (Phi) is 4.91. The van der Waals surface area contributed by atoms with E-state index in [2.05, 4.69) is 54.3 Å². The van der Waals surface area contributed by atoms with E-state index in [1.807, 2.05) is 13.8 Å². The fourth-order valence-electron chi connectivity index (χ4n) is 2.28. The Morgan fingerprint density at radius 1 is 1.10 bits per heavy atom. The van der Waals surface area contributed by atoms with Crippen molar-refractivity contribution in [1.29, 1.82) is 0 Å². The van der Waals surface area contributed by atoms with E-state index < -0.39 is 0 Å². The number of rotatable bonds is 6. The van der Waals surface area contributed by atoms with E-state index in [4.69, 9.17) is 0 Å². The molecule has 0 atom stereocenters. The number of likely N-dealkylation sites (N-methyl/N-ethyl adjacent to an activating group) is 1. The van der Waals surface area contributed by atoms with Crippen molar-refractivity contribution in [3.8, 4) is 0 Å². The lowest BCUT2D eigenvalue weighted by molar-refractivity contribution is -0.123. The molecule has 0 N–H and O–H groups in total. The van der Waals surface area contributed by atoms with E-state index in [-0.39, 0.29) is 5.92 Å². The van der Waals surface area contributed by atoms with Crippen LogP contribution in [0.5, 0.6) is 0 Å². The quantitative estimate of drug-likeness (QED) is 0.793. The molecule has 20 heavy (non-hydrogen) atoms. The summed E-state index contributed by atoms with van der Waals surface area (Å²) >= 11 is 0. The van der Waals surface area contributed by atoms with Gasteiger partial charge in [0.15, 0.2) is 0 Å². The van der Waals surface area contributed by atoms with E-state index >= 15 is 0 Å². The van der Waals surface area contributed by atoms with Gasteiger partial charge in [0.05, 0.1) is 6.54 Å². The summed E-state index contributed by atoms with van der Waals surface area (Å²) in [5.41, 5.74) is 1.27. The topological polar surface area (TPSA) is 20.3 Å². The van der Waals surface area contributed by atoms with Crippen molar-refractivity contribution in [2.24, 2.45) is 5.92 Å². The van der Waals surface area contributed by atoms with Gasteiger partial charge in [-0.2, -0.15) is 0 Å². The summed E-state index contributed by atoms with van der Waals surface area (Å²) in [6.07, 6.45) is 0. The third-order valence-corrected chi connectivity index (χ3v) is 3.69. The number of carbonyl (C=O) groups excluding carboxylic acids is 1. The monoisotopic (exact) mass is 269 g/mol. The molecule has 0 amide bonds. The number of hydrogen-bond acceptors (Lipinski definition) is 2. The molecule has 2 rings (SSSR count). The van der Waals surface area contributed by atoms with Crippen LogP contribution in [0, 0.1) is 5.92 Å². The smallest absolute Gasteiger partial charge is 0.149 e. The van der Waals surface area contributed by atoms with Crippen LogP contribution in [0.25, 0.3) is 10.8 Å². The van der Waals surface area contributed by atoms with Crippen LogP contribution in [0.2, 0.25) is 0 Å². The van der Waals surface area contributed by atoms with Crippen molar-refractivity contribution in [3.63, 3.8) is 0 Å². The van der Waals surface area contributed by atoms with Crippen molar-refractivity contribution >= 4 is 16.6 Å². The molecule has 0 aliphatic heterocycles. The van der Waals surface area contributed by atoms with Crippen LogP contribution in [-0.2, 0) is 11.3 Å². The standard InChI is InChI=1S/C18H23NO/c1-4-19(13-18(20)14(2)3)12-15-9-10-16-7-5-6-8-17(16)11-15/h5-11,14H,4,12-13H2,1-3H3. The molecule has 0 fully saturated rings. The molecule has 0 aromatic heterocycles. The highest BCUT2D eigenvalue weighted by Gasteiger charge is 2.12. The predicted molar refractivity (Wildman–Crippen MR) is 84.7 cm³/mol. The zero-order chi connectivity index (χ0) is 14.5. The Labute approximate surface area is 121 Å². The first-order valence-corrected chi connectivity index (χ1v) is 7.33. The van der Waals surface area contributed by atoms with E-state index in [0.717, 1.165) is 13.1 Å². The molecular weight excluding hydrogens is 246 g/mol. The number of nitrogens with zero attached hydrogens (tertiary/aromatic N) is 1. The number of benzene rings is 2. The molecule has 2 nitrogen and oxygen atoms in total.